The van der Waals surface area contributed by atoms with Crippen molar-refractivity contribution in [3.8, 4) is 5.75 Å². The van der Waals surface area contributed by atoms with Gasteiger partial charge < -0.3 is 15.2 Å². The Kier molecular flexibility index (Phi) is 6.89. The molecular weight excluding hydrogens is 262 g/mol. The van der Waals surface area contributed by atoms with Gasteiger partial charge in [0.1, 0.15) is 10.7 Å². The Bertz CT molecular complexity index is 417. The fourth-order valence-corrected chi connectivity index (χ4v) is 1.86. The Balaban J connectivity index is 2.21. The van der Waals surface area contributed by atoms with E-state index in [0.29, 0.717) is 11.4 Å². The third-order valence-electron chi connectivity index (χ3n) is 2.71. The molecule has 0 aromatic heterocycles. The monoisotopic (exact) mass is 281 g/mol. The van der Waals surface area contributed by atoms with Crippen LogP contribution in [0.3, 0.4) is 0 Å². The number of unbranched alkanes of at least 4 members (excludes halogenated alkanes) is 2. The highest BCUT2D eigenvalue weighted by Gasteiger charge is 2.01. The van der Waals surface area contributed by atoms with Crippen LogP contribution in [0.1, 0.15) is 31.2 Å². The van der Waals surface area contributed by atoms with E-state index in [9.17, 15) is 4.79 Å². The summed E-state index contributed by atoms with van der Waals surface area (Å²) in [6, 6.07) is 7.57. The van der Waals surface area contributed by atoms with Gasteiger partial charge >= 0.3 is 5.97 Å². The fraction of sp³-hybridized carbons (Fsp3) is 0.429. The molecule has 0 aliphatic rings. The first-order chi connectivity index (χ1) is 9.13. The van der Waals surface area contributed by atoms with Gasteiger partial charge in [0.25, 0.3) is 0 Å². The Morgan fingerprint density at radius 3 is 2.53 bits per heavy atom. The molecule has 0 atom stereocenters. The van der Waals surface area contributed by atoms with Crippen LogP contribution in [0.25, 0.3) is 0 Å². The van der Waals surface area contributed by atoms with E-state index in [1.807, 2.05) is 24.3 Å². The molecule has 0 bridgehead atoms. The first kappa shape index (κ1) is 15.4. The largest absolute Gasteiger partial charge is 0.497 e. The van der Waals surface area contributed by atoms with Gasteiger partial charge in [0.05, 0.1) is 7.11 Å². The van der Waals surface area contributed by atoms with Crippen LogP contribution in [0.2, 0.25) is 0 Å². The number of aliphatic carboxylic acids is 1. The van der Waals surface area contributed by atoms with Gasteiger partial charge in [-0.25, -0.2) is 0 Å². The SMILES string of the molecule is COc1ccc(C(=S)NCCCCCC(=O)O)cc1. The number of carboxylic acid groups (broad SMARTS) is 1. The molecular formula is C14H19NO3S. The van der Waals surface area contributed by atoms with E-state index in [0.717, 1.165) is 30.7 Å². The van der Waals surface area contributed by atoms with Crippen molar-refractivity contribution in [3.05, 3.63) is 29.8 Å². The van der Waals surface area contributed by atoms with Crippen LogP contribution >= 0.6 is 12.2 Å². The van der Waals surface area contributed by atoms with Gasteiger partial charge in [0.2, 0.25) is 0 Å². The average molecular weight is 281 g/mol. The topological polar surface area (TPSA) is 58.6 Å². The number of hydrogen-bond donors (Lipinski definition) is 2. The molecule has 0 saturated heterocycles. The Labute approximate surface area is 118 Å². The second-order valence-electron chi connectivity index (χ2n) is 4.19. The van der Waals surface area contributed by atoms with Crippen LogP contribution in [0.5, 0.6) is 5.75 Å². The predicted molar refractivity (Wildman–Crippen MR) is 78.8 cm³/mol. The summed E-state index contributed by atoms with van der Waals surface area (Å²) in [4.78, 5) is 11.0. The van der Waals surface area contributed by atoms with E-state index >= 15 is 0 Å². The number of benzene rings is 1. The molecule has 0 heterocycles. The van der Waals surface area contributed by atoms with Crippen molar-refractivity contribution in [2.24, 2.45) is 0 Å². The van der Waals surface area contributed by atoms with Crippen molar-refractivity contribution >= 4 is 23.2 Å². The Morgan fingerprint density at radius 1 is 1.26 bits per heavy atom. The number of carbonyl (C=O) groups is 1. The van der Waals surface area contributed by atoms with Gasteiger partial charge in [-0.1, -0.05) is 18.6 Å². The average Bonchev–Trinajstić information content (AvgIpc) is 2.42. The van der Waals surface area contributed by atoms with Crippen LogP contribution in [0, 0.1) is 0 Å². The summed E-state index contributed by atoms with van der Waals surface area (Å²) in [6.45, 7) is 0.768. The van der Waals surface area contributed by atoms with Crippen molar-refractivity contribution < 1.29 is 14.6 Å². The van der Waals surface area contributed by atoms with Gasteiger partial charge in [0.15, 0.2) is 0 Å². The molecule has 5 heteroatoms. The maximum Gasteiger partial charge on any atom is 0.303 e. The minimum atomic E-state index is -0.735. The molecule has 1 aromatic carbocycles. The van der Waals surface area contributed by atoms with Crippen LogP contribution in [-0.2, 0) is 4.79 Å². The van der Waals surface area contributed by atoms with E-state index in [1.54, 1.807) is 7.11 Å². The number of hydrogen-bond acceptors (Lipinski definition) is 3. The van der Waals surface area contributed by atoms with E-state index in [2.05, 4.69) is 5.32 Å². The smallest absolute Gasteiger partial charge is 0.303 e. The summed E-state index contributed by atoms with van der Waals surface area (Å²) in [7, 11) is 1.63. The summed E-state index contributed by atoms with van der Waals surface area (Å²) in [5.41, 5.74) is 0.960. The zero-order valence-corrected chi connectivity index (χ0v) is 11.8. The molecule has 104 valence electrons. The summed E-state index contributed by atoms with van der Waals surface area (Å²) in [6.07, 6.45) is 2.77. The molecule has 0 amide bonds. The van der Waals surface area contributed by atoms with Gasteiger partial charge in [-0.2, -0.15) is 0 Å². The molecule has 0 aliphatic heterocycles. The zero-order chi connectivity index (χ0) is 14.1. The molecule has 4 nitrogen and oxygen atoms in total. The lowest BCUT2D eigenvalue weighted by Crippen LogP contribution is -2.23. The van der Waals surface area contributed by atoms with Crippen molar-refractivity contribution in [2.75, 3.05) is 13.7 Å². The van der Waals surface area contributed by atoms with Crippen molar-refractivity contribution in [1.82, 2.24) is 5.32 Å². The first-order valence-corrected chi connectivity index (χ1v) is 6.68. The lowest BCUT2D eigenvalue weighted by Gasteiger charge is -2.08. The second kappa shape index (κ2) is 8.48. The fourth-order valence-electron chi connectivity index (χ4n) is 1.62. The summed E-state index contributed by atoms with van der Waals surface area (Å²) in [5, 5.41) is 11.7. The van der Waals surface area contributed by atoms with Crippen LogP contribution < -0.4 is 10.1 Å². The van der Waals surface area contributed by atoms with Crippen LogP contribution in [-0.4, -0.2) is 29.7 Å². The number of methoxy groups -OCH3 is 1. The number of thiocarbonyl (C=S) groups is 1. The highest BCUT2D eigenvalue weighted by Crippen LogP contribution is 2.11. The van der Waals surface area contributed by atoms with Crippen molar-refractivity contribution in [3.63, 3.8) is 0 Å². The number of carboxylic acids is 1. The number of ether oxygens (including phenoxy) is 1. The molecule has 19 heavy (non-hydrogen) atoms. The van der Waals surface area contributed by atoms with Crippen molar-refractivity contribution in [2.45, 2.75) is 25.7 Å². The summed E-state index contributed by atoms with van der Waals surface area (Å²) < 4.78 is 5.08. The number of nitrogens with one attached hydrogen (secondary N) is 1. The minimum Gasteiger partial charge on any atom is -0.497 e. The van der Waals surface area contributed by atoms with Crippen LogP contribution in [0.15, 0.2) is 24.3 Å². The van der Waals surface area contributed by atoms with Gasteiger partial charge in [-0.3, -0.25) is 4.79 Å². The lowest BCUT2D eigenvalue weighted by molar-refractivity contribution is -0.137. The van der Waals surface area contributed by atoms with Gasteiger partial charge in [0, 0.05) is 18.5 Å². The van der Waals surface area contributed by atoms with E-state index in [1.165, 1.54) is 0 Å². The molecule has 1 rings (SSSR count). The molecule has 0 fully saturated rings. The second-order valence-corrected chi connectivity index (χ2v) is 4.60. The minimum absolute atomic E-state index is 0.239. The molecule has 0 radical (unpaired) electrons. The van der Waals surface area contributed by atoms with E-state index in [-0.39, 0.29) is 6.42 Å². The van der Waals surface area contributed by atoms with E-state index in [4.69, 9.17) is 22.1 Å². The maximum atomic E-state index is 10.3. The Morgan fingerprint density at radius 2 is 1.95 bits per heavy atom. The predicted octanol–water partition coefficient (Wildman–Crippen LogP) is 2.61. The number of rotatable bonds is 8. The van der Waals surface area contributed by atoms with E-state index < -0.39 is 5.97 Å². The molecule has 0 unspecified atom stereocenters. The van der Waals surface area contributed by atoms with Crippen LogP contribution in [0.4, 0.5) is 0 Å². The highest BCUT2D eigenvalue weighted by atomic mass is 32.1. The normalized spacial score (nSPS) is 9.95. The molecule has 0 saturated carbocycles. The molecule has 0 aliphatic carbocycles. The standard InChI is InChI=1S/C14H19NO3S/c1-18-12-8-6-11(7-9-12)14(19)15-10-4-2-3-5-13(16)17/h6-9H,2-5,10H2,1H3,(H,15,19)(H,16,17). The summed E-state index contributed by atoms with van der Waals surface area (Å²) >= 11 is 5.27. The van der Waals surface area contributed by atoms with Gasteiger partial charge in [-0.15, -0.1) is 0 Å². The highest BCUT2D eigenvalue weighted by molar-refractivity contribution is 7.80. The molecule has 2 N–H and O–H groups in total. The van der Waals surface area contributed by atoms with Crippen molar-refractivity contribution in [1.29, 1.82) is 0 Å². The maximum absolute atomic E-state index is 10.3. The summed E-state index contributed by atoms with van der Waals surface area (Å²) in [5.74, 6) is 0.0712. The first-order valence-electron chi connectivity index (χ1n) is 6.27. The molecule has 1 aromatic rings. The quantitative estimate of drug-likeness (QED) is 0.566. The third-order valence-corrected chi connectivity index (χ3v) is 3.09. The van der Waals surface area contributed by atoms with Gasteiger partial charge in [-0.05, 0) is 37.1 Å². The third kappa shape index (κ3) is 6.20. The zero-order valence-electron chi connectivity index (χ0n) is 11.0. The molecule has 0 spiro atoms. The lowest BCUT2D eigenvalue weighted by atomic mass is 10.2. The Hall–Kier alpha value is -1.62.